The molecule has 2 nitrogen and oxygen atoms in total. The van der Waals surface area contributed by atoms with E-state index in [0.717, 1.165) is 22.4 Å². The van der Waals surface area contributed by atoms with Gasteiger partial charge in [-0.1, -0.05) is 54.2 Å². The summed E-state index contributed by atoms with van der Waals surface area (Å²) in [5.41, 5.74) is 8.39. The molecule has 0 atom stereocenters. The van der Waals surface area contributed by atoms with Crippen molar-refractivity contribution in [2.45, 2.75) is 13.5 Å². The summed E-state index contributed by atoms with van der Waals surface area (Å²) in [7, 11) is 0. The van der Waals surface area contributed by atoms with Gasteiger partial charge in [0.2, 0.25) is 0 Å². The van der Waals surface area contributed by atoms with E-state index in [4.69, 9.17) is 34.3 Å². The number of hydrogen-bond acceptors (Lipinski definition) is 2. The quantitative estimate of drug-likeness (QED) is 0.869. The molecule has 0 fully saturated rings. The Balaban J connectivity index is 2.25. The van der Waals surface area contributed by atoms with E-state index in [1.165, 1.54) is 0 Å². The van der Waals surface area contributed by atoms with Gasteiger partial charge in [0.25, 0.3) is 0 Å². The van der Waals surface area contributed by atoms with E-state index < -0.39 is 0 Å². The molecule has 0 saturated carbocycles. The van der Waals surface area contributed by atoms with Crippen molar-refractivity contribution in [2.24, 2.45) is 5.73 Å². The van der Waals surface area contributed by atoms with Crippen LogP contribution in [0.15, 0.2) is 42.5 Å². The number of hydrogen-bond donors (Lipinski definition) is 1. The first-order valence-corrected chi connectivity index (χ1v) is 6.64. The van der Waals surface area contributed by atoms with E-state index >= 15 is 0 Å². The summed E-state index contributed by atoms with van der Waals surface area (Å²) in [6.45, 7) is 2.35. The molecule has 0 aliphatic carbocycles. The van der Waals surface area contributed by atoms with Crippen LogP contribution in [-0.4, -0.2) is 4.99 Å². The molecule has 0 saturated heterocycles. The Labute approximate surface area is 123 Å². The third-order valence-corrected chi connectivity index (χ3v) is 3.40. The molecule has 98 valence electrons. The molecule has 2 N–H and O–H groups in total. The number of nitrogens with two attached hydrogens (primary N) is 1. The molecule has 0 amide bonds. The predicted octanol–water partition coefficient (Wildman–Crippen LogP) is 3.86. The zero-order valence-corrected chi connectivity index (χ0v) is 12.1. The van der Waals surface area contributed by atoms with Crippen molar-refractivity contribution >= 4 is 28.8 Å². The topological polar surface area (TPSA) is 35.2 Å². The van der Waals surface area contributed by atoms with Gasteiger partial charge in [-0.2, -0.15) is 0 Å². The second kappa shape index (κ2) is 6.04. The predicted molar refractivity (Wildman–Crippen MR) is 82.9 cm³/mol. The van der Waals surface area contributed by atoms with E-state index in [2.05, 4.69) is 0 Å². The van der Waals surface area contributed by atoms with E-state index in [-0.39, 0.29) is 0 Å². The van der Waals surface area contributed by atoms with Gasteiger partial charge in [0.15, 0.2) is 0 Å². The fraction of sp³-hybridized carbons (Fsp3) is 0.133. The minimum Gasteiger partial charge on any atom is -0.488 e. The molecule has 0 radical (unpaired) electrons. The number of ether oxygens (including phenoxy) is 1. The summed E-state index contributed by atoms with van der Waals surface area (Å²) in [6.07, 6.45) is 0. The van der Waals surface area contributed by atoms with Crippen LogP contribution in [0.5, 0.6) is 5.75 Å². The second-order valence-corrected chi connectivity index (χ2v) is 5.04. The molecule has 0 unspecified atom stereocenters. The molecule has 0 aliphatic heterocycles. The smallest absolute Gasteiger partial charge is 0.132 e. The lowest BCUT2D eigenvalue weighted by atomic mass is 10.1. The van der Waals surface area contributed by atoms with Crippen LogP contribution in [0.2, 0.25) is 5.02 Å². The maximum Gasteiger partial charge on any atom is 0.132 e. The Kier molecular flexibility index (Phi) is 4.40. The fourth-order valence-electron chi connectivity index (χ4n) is 1.80. The fourth-order valence-corrected chi connectivity index (χ4v) is 2.15. The monoisotopic (exact) mass is 291 g/mol. The zero-order valence-electron chi connectivity index (χ0n) is 10.5. The van der Waals surface area contributed by atoms with Gasteiger partial charge in [-0.05, 0) is 24.6 Å². The average molecular weight is 292 g/mol. The maximum atomic E-state index is 6.10. The molecule has 2 rings (SSSR count). The molecule has 0 aromatic heterocycles. The van der Waals surface area contributed by atoms with Gasteiger partial charge >= 0.3 is 0 Å². The summed E-state index contributed by atoms with van der Waals surface area (Å²) in [5.74, 6) is 0.718. The molecular weight excluding hydrogens is 278 g/mol. The summed E-state index contributed by atoms with van der Waals surface area (Å²) < 4.78 is 5.84. The normalized spacial score (nSPS) is 10.2. The third kappa shape index (κ3) is 3.25. The zero-order chi connectivity index (χ0) is 13.8. The minimum absolute atomic E-state index is 0.331. The second-order valence-electron chi connectivity index (χ2n) is 4.20. The van der Waals surface area contributed by atoms with Gasteiger partial charge in [0, 0.05) is 10.6 Å². The first kappa shape index (κ1) is 13.8. The lowest BCUT2D eigenvalue weighted by Crippen LogP contribution is -2.12. The van der Waals surface area contributed by atoms with Gasteiger partial charge in [-0.3, -0.25) is 0 Å². The van der Waals surface area contributed by atoms with E-state index in [9.17, 15) is 0 Å². The van der Waals surface area contributed by atoms with Gasteiger partial charge in [0.1, 0.15) is 17.3 Å². The summed E-state index contributed by atoms with van der Waals surface area (Å²) >= 11 is 11.1. The first-order valence-electron chi connectivity index (χ1n) is 5.85. The molecule has 0 spiro atoms. The number of para-hydroxylation sites is 1. The first-order chi connectivity index (χ1) is 9.09. The van der Waals surface area contributed by atoms with Crippen molar-refractivity contribution in [3.63, 3.8) is 0 Å². The molecule has 0 bridgehead atoms. The van der Waals surface area contributed by atoms with Gasteiger partial charge in [-0.15, -0.1) is 0 Å². The molecule has 19 heavy (non-hydrogen) atoms. The molecule has 0 heterocycles. The number of benzene rings is 2. The molecule has 2 aromatic rings. The van der Waals surface area contributed by atoms with Crippen LogP contribution in [0.3, 0.4) is 0 Å². The molecule has 4 heteroatoms. The third-order valence-electron chi connectivity index (χ3n) is 2.81. The summed E-state index contributed by atoms with van der Waals surface area (Å²) in [6, 6.07) is 13.3. The maximum absolute atomic E-state index is 6.10. The standard InChI is InChI=1S/C15H14ClNOS/c1-10-5-4-7-12(15(17)19)14(10)18-9-11-6-2-3-8-13(11)16/h2-8H,9H2,1H3,(H2,17,19). The van der Waals surface area contributed by atoms with Crippen molar-refractivity contribution in [2.75, 3.05) is 0 Å². The summed E-state index contributed by atoms with van der Waals surface area (Å²) in [5, 5.41) is 0.688. The largest absolute Gasteiger partial charge is 0.488 e. The van der Waals surface area contributed by atoms with E-state index in [1.54, 1.807) is 0 Å². The Hall–Kier alpha value is -1.58. The average Bonchev–Trinajstić information content (AvgIpc) is 2.38. The van der Waals surface area contributed by atoms with Crippen LogP contribution < -0.4 is 10.5 Å². The van der Waals surface area contributed by atoms with Crippen molar-refractivity contribution in [3.05, 3.63) is 64.2 Å². The Morgan fingerprint density at radius 2 is 1.95 bits per heavy atom. The Morgan fingerprint density at radius 3 is 2.63 bits per heavy atom. The van der Waals surface area contributed by atoms with E-state index in [0.29, 0.717) is 16.6 Å². The number of thiocarbonyl (C=S) groups is 1. The number of halogens is 1. The SMILES string of the molecule is Cc1cccc(C(N)=S)c1OCc1ccccc1Cl. The van der Waals surface area contributed by atoms with Crippen molar-refractivity contribution in [1.29, 1.82) is 0 Å². The highest BCUT2D eigenvalue weighted by molar-refractivity contribution is 7.80. The highest BCUT2D eigenvalue weighted by Crippen LogP contribution is 2.25. The highest BCUT2D eigenvalue weighted by atomic mass is 35.5. The molecular formula is C15H14ClNOS. The van der Waals surface area contributed by atoms with Gasteiger partial charge < -0.3 is 10.5 Å². The van der Waals surface area contributed by atoms with Crippen molar-refractivity contribution in [1.82, 2.24) is 0 Å². The van der Waals surface area contributed by atoms with E-state index in [1.807, 2.05) is 49.4 Å². The van der Waals surface area contributed by atoms with Crippen LogP contribution in [0.1, 0.15) is 16.7 Å². The lowest BCUT2D eigenvalue weighted by Gasteiger charge is -2.14. The van der Waals surface area contributed by atoms with Crippen LogP contribution in [0, 0.1) is 6.92 Å². The van der Waals surface area contributed by atoms with Crippen LogP contribution in [0.4, 0.5) is 0 Å². The van der Waals surface area contributed by atoms with Crippen LogP contribution >= 0.6 is 23.8 Å². The minimum atomic E-state index is 0.331. The van der Waals surface area contributed by atoms with Gasteiger partial charge in [0.05, 0.1) is 5.56 Å². The Morgan fingerprint density at radius 1 is 1.21 bits per heavy atom. The number of rotatable bonds is 4. The van der Waals surface area contributed by atoms with Crippen molar-refractivity contribution < 1.29 is 4.74 Å². The molecule has 0 aliphatic rings. The summed E-state index contributed by atoms with van der Waals surface area (Å²) in [4.78, 5) is 0.331. The van der Waals surface area contributed by atoms with Crippen molar-refractivity contribution in [3.8, 4) is 5.75 Å². The number of aryl methyl sites for hydroxylation is 1. The Bertz CT molecular complexity index is 613. The van der Waals surface area contributed by atoms with Gasteiger partial charge in [-0.25, -0.2) is 0 Å². The van der Waals surface area contributed by atoms with Crippen LogP contribution in [0.25, 0.3) is 0 Å². The van der Waals surface area contributed by atoms with Crippen LogP contribution in [-0.2, 0) is 6.61 Å². The lowest BCUT2D eigenvalue weighted by molar-refractivity contribution is 0.303. The highest BCUT2D eigenvalue weighted by Gasteiger charge is 2.10. The molecule has 2 aromatic carbocycles.